The van der Waals surface area contributed by atoms with Gasteiger partial charge in [-0.25, -0.2) is 0 Å². The molecule has 0 fully saturated rings. The van der Waals surface area contributed by atoms with E-state index in [4.69, 9.17) is 16.0 Å². The van der Waals surface area contributed by atoms with Gasteiger partial charge in [-0.2, -0.15) is 0 Å². The van der Waals surface area contributed by atoms with Crippen molar-refractivity contribution in [3.8, 4) is 0 Å². The van der Waals surface area contributed by atoms with Crippen LogP contribution in [0.15, 0.2) is 0 Å². The Morgan fingerprint density at radius 1 is 1.17 bits per heavy atom. The molecule has 0 spiro atoms. The zero-order chi connectivity index (χ0) is 4.50. The van der Waals surface area contributed by atoms with E-state index in [2.05, 4.69) is 0 Å². The first-order valence-corrected chi connectivity index (χ1v) is 3.79. The summed E-state index contributed by atoms with van der Waals surface area (Å²) in [7, 11) is 0. The standard InChI is InChI=1S/AsH3O4.B/c2-1(3,4)5;/h(H3,2,3,4,5);/q;+3/p-3. The van der Waals surface area contributed by atoms with E-state index in [9.17, 15) is 0 Å². The van der Waals surface area contributed by atoms with Gasteiger partial charge in [-0.3, -0.25) is 0 Å². The smallest absolute Gasteiger partial charge is 3.00 e. The SMILES string of the molecule is O=[As]([O-])([O-])[O-].[B+3]. The molecule has 0 aromatic carbocycles. The van der Waals surface area contributed by atoms with E-state index in [1.165, 1.54) is 0 Å². The summed E-state index contributed by atoms with van der Waals surface area (Å²) < 4.78 is 34.4. The van der Waals surface area contributed by atoms with Crippen LogP contribution in [0.25, 0.3) is 0 Å². The average molecular weight is 150 g/mol. The molecule has 0 aromatic heterocycles. The number of rotatable bonds is 0. The first-order chi connectivity index (χ1) is 2.00. The maximum absolute atomic E-state index is 8.61. The van der Waals surface area contributed by atoms with Gasteiger partial charge in [-0.1, -0.05) is 0 Å². The minimum Gasteiger partial charge on any atom is 3.00 e. The van der Waals surface area contributed by atoms with Crippen molar-refractivity contribution in [2.24, 2.45) is 0 Å². The van der Waals surface area contributed by atoms with Crippen LogP contribution in [0.5, 0.6) is 0 Å². The predicted molar refractivity (Wildman–Crippen MR) is 12.2 cm³/mol. The van der Waals surface area contributed by atoms with Crippen LogP contribution in [0.3, 0.4) is 0 Å². The third-order valence-electron chi connectivity index (χ3n) is 0. The molecule has 0 N–H and O–H groups in total. The molecule has 4 nitrogen and oxygen atoms in total. The monoisotopic (exact) mass is 150 g/mol. The molecule has 0 aliphatic carbocycles. The van der Waals surface area contributed by atoms with E-state index in [0.717, 1.165) is 0 Å². The molecule has 0 rings (SSSR count). The van der Waals surface area contributed by atoms with Gasteiger partial charge in [0.2, 0.25) is 0 Å². The molecule has 0 bridgehead atoms. The number of hydrogen-bond acceptors (Lipinski definition) is 4. The van der Waals surface area contributed by atoms with Crippen LogP contribution in [0.1, 0.15) is 0 Å². The Morgan fingerprint density at radius 3 is 1.17 bits per heavy atom. The van der Waals surface area contributed by atoms with E-state index < -0.39 is 14.5 Å². The van der Waals surface area contributed by atoms with E-state index in [0.29, 0.717) is 0 Å². The summed E-state index contributed by atoms with van der Waals surface area (Å²) in [6.45, 7) is 0. The van der Waals surface area contributed by atoms with Crippen molar-refractivity contribution in [1.82, 2.24) is 0 Å². The van der Waals surface area contributed by atoms with Gasteiger partial charge in [-0.15, -0.1) is 0 Å². The van der Waals surface area contributed by atoms with Gasteiger partial charge in [-0.05, 0) is 0 Å². The van der Waals surface area contributed by atoms with E-state index in [1.54, 1.807) is 0 Å². The molecule has 0 unspecified atom stereocenters. The van der Waals surface area contributed by atoms with Crippen LogP contribution in [0.2, 0.25) is 0 Å². The maximum atomic E-state index is 8.61. The van der Waals surface area contributed by atoms with Gasteiger partial charge < -0.3 is 0 Å². The van der Waals surface area contributed by atoms with Crippen molar-refractivity contribution in [2.45, 2.75) is 0 Å². The van der Waals surface area contributed by atoms with Crippen molar-refractivity contribution in [3.63, 3.8) is 0 Å². The Kier molecular flexibility index (Phi) is 3.94. The van der Waals surface area contributed by atoms with Crippen molar-refractivity contribution >= 4 is 22.9 Å². The van der Waals surface area contributed by atoms with Crippen LogP contribution in [-0.2, 0) is 3.74 Å². The Morgan fingerprint density at radius 2 is 1.17 bits per heavy atom. The molecule has 0 aromatic rings. The molecule has 6 heavy (non-hydrogen) atoms. The average Bonchev–Trinajstić information content (AvgIpc) is 0.722. The molecule has 0 heterocycles. The summed E-state index contributed by atoms with van der Waals surface area (Å²) in [5, 5.41) is 0. The molecule has 32 valence electrons. The van der Waals surface area contributed by atoms with Gasteiger partial charge in [0, 0.05) is 0 Å². The van der Waals surface area contributed by atoms with Gasteiger partial charge in [0.25, 0.3) is 0 Å². The third-order valence-corrected chi connectivity index (χ3v) is 0. The molecular weight excluding hydrogens is 150 g/mol. The van der Waals surface area contributed by atoms with Crippen LogP contribution in [0.4, 0.5) is 0 Å². The Labute approximate surface area is 39.7 Å². The summed E-state index contributed by atoms with van der Waals surface area (Å²) in [6, 6.07) is 0. The maximum Gasteiger partial charge on any atom is 3.00 e. The van der Waals surface area contributed by atoms with Gasteiger partial charge in [0.1, 0.15) is 0 Å². The summed E-state index contributed by atoms with van der Waals surface area (Å²) >= 11 is -5.88. The second-order valence-electron chi connectivity index (χ2n) is 0.447. The first-order valence-electron chi connectivity index (χ1n) is 0.730. The van der Waals surface area contributed by atoms with Crippen LogP contribution in [-0.4, -0.2) is 22.9 Å². The Balaban J connectivity index is 0. The molecule has 0 amide bonds. The Bertz CT molecular complexity index is 53.7. The second-order valence-corrected chi connectivity index (χ2v) is 2.32. The third kappa shape index (κ3) is 510. The van der Waals surface area contributed by atoms with Crippen LogP contribution < -0.4 is 12.3 Å². The molecule has 0 aliphatic rings. The van der Waals surface area contributed by atoms with Crippen molar-refractivity contribution < 1.29 is 16.0 Å². The zero-order valence-electron chi connectivity index (χ0n) is 2.66. The zero-order valence-corrected chi connectivity index (χ0v) is 4.53. The summed E-state index contributed by atoms with van der Waals surface area (Å²) in [4.78, 5) is 0. The van der Waals surface area contributed by atoms with Crippen molar-refractivity contribution in [1.29, 1.82) is 0 Å². The quantitative estimate of drug-likeness (QED) is 0.326. The fourth-order valence-electron chi connectivity index (χ4n) is 0. The van der Waals surface area contributed by atoms with E-state index in [1.807, 2.05) is 0 Å². The second kappa shape index (κ2) is 2.47. The summed E-state index contributed by atoms with van der Waals surface area (Å²) in [6.07, 6.45) is 0. The first kappa shape index (κ1) is 9.57. The van der Waals surface area contributed by atoms with Gasteiger partial charge >= 0.3 is 39.0 Å². The normalized spacial score (nSPS) is 9.83. The molecule has 0 saturated heterocycles. The molecule has 0 saturated carbocycles. The molecular formula is AsBO4. The van der Waals surface area contributed by atoms with Crippen LogP contribution in [0, 0.1) is 0 Å². The largest absolute Gasteiger partial charge is 3.00 e. The minimum atomic E-state index is -5.88. The molecule has 0 radical (unpaired) electrons. The fraction of sp³-hybridized carbons (Fsp3) is 0. The van der Waals surface area contributed by atoms with E-state index >= 15 is 0 Å². The molecule has 0 atom stereocenters. The summed E-state index contributed by atoms with van der Waals surface area (Å²) in [5.41, 5.74) is 0. The van der Waals surface area contributed by atoms with Gasteiger partial charge in [0.15, 0.2) is 0 Å². The Hall–Kier alpha value is 0.303. The summed E-state index contributed by atoms with van der Waals surface area (Å²) in [5.74, 6) is 0. The van der Waals surface area contributed by atoms with E-state index in [-0.39, 0.29) is 8.41 Å². The van der Waals surface area contributed by atoms with Crippen molar-refractivity contribution in [3.05, 3.63) is 0 Å². The van der Waals surface area contributed by atoms with Crippen LogP contribution >= 0.6 is 0 Å². The predicted octanol–water partition coefficient (Wildman–Crippen LogP) is -4.45. The van der Waals surface area contributed by atoms with Gasteiger partial charge in [0.05, 0.1) is 0 Å². The topological polar surface area (TPSA) is 86.2 Å². The van der Waals surface area contributed by atoms with Crippen molar-refractivity contribution in [2.75, 3.05) is 0 Å². The molecule has 6 heteroatoms. The number of hydrogen-bond donors (Lipinski definition) is 0. The fourth-order valence-corrected chi connectivity index (χ4v) is 0. The minimum absolute atomic E-state index is 0. The molecule has 0 aliphatic heterocycles.